The lowest BCUT2D eigenvalue weighted by Crippen LogP contribution is -2.27. The average molecular weight is 175 g/mol. The third-order valence-electron chi connectivity index (χ3n) is 1.94. The summed E-state index contributed by atoms with van der Waals surface area (Å²) in [5, 5.41) is 3.13. The van der Waals surface area contributed by atoms with Gasteiger partial charge in [0.2, 0.25) is 0 Å². The maximum atomic E-state index is 5.99. The smallest absolute Gasteiger partial charge is 0.103 e. The van der Waals surface area contributed by atoms with Gasteiger partial charge in [-0.2, -0.15) is 0 Å². The summed E-state index contributed by atoms with van der Waals surface area (Å²) in [6.07, 6.45) is 4.32. The first-order valence-corrected chi connectivity index (χ1v) is 4.38. The fourth-order valence-electron chi connectivity index (χ4n) is 1.30. The van der Waals surface area contributed by atoms with E-state index in [-0.39, 0.29) is 5.50 Å². The largest absolute Gasteiger partial charge is 0.364 e. The van der Waals surface area contributed by atoms with Gasteiger partial charge in [-0.15, -0.1) is 0 Å². The van der Waals surface area contributed by atoms with Crippen molar-refractivity contribution in [3.05, 3.63) is 11.8 Å². The van der Waals surface area contributed by atoms with Crippen LogP contribution in [0.25, 0.3) is 0 Å². The minimum atomic E-state index is 0.190. The predicted molar refractivity (Wildman–Crippen MR) is 48.6 cm³/mol. The van der Waals surface area contributed by atoms with Crippen molar-refractivity contribution in [3.8, 4) is 0 Å². The summed E-state index contributed by atoms with van der Waals surface area (Å²) in [4.78, 5) is 2.07. The van der Waals surface area contributed by atoms with E-state index in [4.69, 9.17) is 11.6 Å². The van der Waals surface area contributed by atoms with Gasteiger partial charge in [0, 0.05) is 19.8 Å². The second-order valence-electron chi connectivity index (χ2n) is 2.96. The number of hydrogen-bond donors (Lipinski definition) is 1. The Bertz CT molecular complexity index is 156. The van der Waals surface area contributed by atoms with E-state index in [9.17, 15) is 0 Å². The van der Waals surface area contributed by atoms with Gasteiger partial charge < -0.3 is 10.2 Å². The lowest BCUT2D eigenvalue weighted by Gasteiger charge is -2.27. The average Bonchev–Trinajstić information content (AvgIpc) is 1.98. The van der Waals surface area contributed by atoms with Crippen LogP contribution in [0, 0.1) is 0 Å². The predicted octanol–water partition coefficient (Wildman–Crippen LogP) is 1.38. The van der Waals surface area contributed by atoms with Gasteiger partial charge in [-0.3, -0.25) is 0 Å². The molecule has 0 aromatic rings. The highest BCUT2D eigenvalue weighted by Gasteiger charge is 2.14. The summed E-state index contributed by atoms with van der Waals surface area (Å²) in [7, 11) is 3.99. The molecule has 0 amide bonds. The standard InChI is InChI=1S/C8H15ClN2/c1-10-5-7-3-4-8(9)11(2)6-7/h6,8,10H,3-5H2,1-2H3. The zero-order chi connectivity index (χ0) is 8.27. The van der Waals surface area contributed by atoms with E-state index in [1.165, 1.54) is 5.57 Å². The van der Waals surface area contributed by atoms with Crippen molar-refractivity contribution in [1.29, 1.82) is 0 Å². The van der Waals surface area contributed by atoms with E-state index in [2.05, 4.69) is 16.4 Å². The molecule has 0 saturated carbocycles. The zero-order valence-electron chi connectivity index (χ0n) is 7.10. The van der Waals surface area contributed by atoms with E-state index >= 15 is 0 Å². The molecule has 0 radical (unpaired) electrons. The number of likely N-dealkylation sites (N-methyl/N-ethyl adjacent to an activating group) is 1. The fourth-order valence-corrected chi connectivity index (χ4v) is 1.47. The van der Waals surface area contributed by atoms with Crippen molar-refractivity contribution in [2.75, 3.05) is 20.6 Å². The summed E-state index contributed by atoms with van der Waals surface area (Å²) in [5.74, 6) is 0. The van der Waals surface area contributed by atoms with E-state index < -0.39 is 0 Å². The molecule has 1 aliphatic heterocycles. The van der Waals surface area contributed by atoms with Gasteiger partial charge in [0.25, 0.3) is 0 Å². The topological polar surface area (TPSA) is 15.3 Å². The second kappa shape index (κ2) is 3.98. The SMILES string of the molecule is CNCC1=CN(C)C(Cl)CC1. The van der Waals surface area contributed by atoms with Crippen LogP contribution in [0.3, 0.4) is 0 Å². The van der Waals surface area contributed by atoms with Crippen molar-refractivity contribution in [2.45, 2.75) is 18.3 Å². The van der Waals surface area contributed by atoms with E-state index in [0.29, 0.717) is 0 Å². The number of halogens is 1. The Hall–Kier alpha value is -0.210. The summed E-state index contributed by atoms with van der Waals surface area (Å²) in [6.45, 7) is 0.980. The highest BCUT2D eigenvalue weighted by molar-refractivity contribution is 6.20. The monoisotopic (exact) mass is 174 g/mol. The summed E-state index contributed by atoms with van der Waals surface area (Å²) in [5.41, 5.74) is 1.63. The van der Waals surface area contributed by atoms with Crippen molar-refractivity contribution < 1.29 is 0 Å². The van der Waals surface area contributed by atoms with Crippen molar-refractivity contribution in [2.24, 2.45) is 0 Å². The zero-order valence-corrected chi connectivity index (χ0v) is 7.86. The van der Waals surface area contributed by atoms with Crippen LogP contribution in [-0.2, 0) is 0 Å². The molecule has 1 atom stereocenters. The van der Waals surface area contributed by atoms with Crippen LogP contribution in [0.15, 0.2) is 11.8 Å². The molecule has 0 aromatic carbocycles. The van der Waals surface area contributed by atoms with E-state index in [0.717, 1.165) is 19.4 Å². The Labute approximate surface area is 73.2 Å². The summed E-state index contributed by atoms with van der Waals surface area (Å²) < 4.78 is 0. The maximum Gasteiger partial charge on any atom is 0.103 e. The van der Waals surface area contributed by atoms with E-state index in [1.807, 2.05) is 14.1 Å². The Kier molecular flexibility index (Phi) is 3.21. The molecule has 1 rings (SSSR count). The third kappa shape index (κ3) is 2.38. The molecule has 1 aliphatic rings. The molecule has 0 saturated heterocycles. The van der Waals surface area contributed by atoms with Crippen LogP contribution >= 0.6 is 11.6 Å². The van der Waals surface area contributed by atoms with Crippen LogP contribution in [0.5, 0.6) is 0 Å². The van der Waals surface area contributed by atoms with Gasteiger partial charge in [0.15, 0.2) is 0 Å². The first-order chi connectivity index (χ1) is 5.24. The molecule has 2 nitrogen and oxygen atoms in total. The Balaban J connectivity index is 2.49. The molecule has 1 N–H and O–H groups in total. The third-order valence-corrected chi connectivity index (χ3v) is 2.46. The minimum Gasteiger partial charge on any atom is -0.364 e. The molecular formula is C8H15ClN2. The van der Waals surface area contributed by atoms with Crippen LogP contribution in [0.1, 0.15) is 12.8 Å². The molecule has 0 bridgehead atoms. The molecule has 11 heavy (non-hydrogen) atoms. The molecule has 3 heteroatoms. The van der Waals surface area contributed by atoms with Gasteiger partial charge in [0.05, 0.1) is 0 Å². The normalized spacial score (nSPS) is 25.2. The number of rotatable bonds is 2. The first kappa shape index (κ1) is 8.88. The van der Waals surface area contributed by atoms with Crippen LogP contribution in [0.2, 0.25) is 0 Å². The lowest BCUT2D eigenvalue weighted by molar-refractivity contribution is 0.373. The van der Waals surface area contributed by atoms with Crippen LogP contribution in [-0.4, -0.2) is 31.0 Å². The minimum absolute atomic E-state index is 0.190. The fraction of sp³-hybridized carbons (Fsp3) is 0.750. The summed E-state index contributed by atoms with van der Waals surface area (Å²) in [6, 6.07) is 0. The molecule has 0 spiro atoms. The van der Waals surface area contributed by atoms with E-state index in [1.54, 1.807) is 0 Å². The molecule has 1 heterocycles. The second-order valence-corrected chi connectivity index (χ2v) is 3.46. The molecule has 0 aromatic heterocycles. The molecule has 1 unspecified atom stereocenters. The van der Waals surface area contributed by atoms with Crippen molar-refractivity contribution >= 4 is 11.6 Å². The number of nitrogens with one attached hydrogen (secondary N) is 1. The Morgan fingerprint density at radius 1 is 1.82 bits per heavy atom. The lowest BCUT2D eigenvalue weighted by atomic mass is 10.1. The van der Waals surface area contributed by atoms with Gasteiger partial charge in [-0.05, 0) is 25.5 Å². The number of hydrogen-bond acceptors (Lipinski definition) is 2. The van der Waals surface area contributed by atoms with Gasteiger partial charge in [-0.25, -0.2) is 0 Å². The number of alkyl halides is 1. The van der Waals surface area contributed by atoms with Gasteiger partial charge >= 0.3 is 0 Å². The molecular weight excluding hydrogens is 160 g/mol. The quantitative estimate of drug-likeness (QED) is 0.503. The highest BCUT2D eigenvalue weighted by Crippen LogP contribution is 2.20. The maximum absolute atomic E-state index is 5.99. The highest BCUT2D eigenvalue weighted by atomic mass is 35.5. The molecule has 0 fully saturated rings. The van der Waals surface area contributed by atoms with Crippen LogP contribution < -0.4 is 5.32 Å². The number of nitrogens with zero attached hydrogens (tertiary/aromatic N) is 1. The first-order valence-electron chi connectivity index (χ1n) is 3.94. The van der Waals surface area contributed by atoms with Gasteiger partial charge in [-0.1, -0.05) is 11.6 Å². The molecule has 64 valence electrons. The van der Waals surface area contributed by atoms with Crippen molar-refractivity contribution in [1.82, 2.24) is 10.2 Å². The summed E-state index contributed by atoms with van der Waals surface area (Å²) >= 11 is 5.99. The van der Waals surface area contributed by atoms with Crippen molar-refractivity contribution in [3.63, 3.8) is 0 Å². The Morgan fingerprint density at radius 3 is 3.09 bits per heavy atom. The van der Waals surface area contributed by atoms with Crippen LogP contribution in [0.4, 0.5) is 0 Å². The van der Waals surface area contributed by atoms with Gasteiger partial charge in [0.1, 0.15) is 5.50 Å². The molecule has 0 aliphatic carbocycles. The Morgan fingerprint density at radius 2 is 2.55 bits per heavy atom.